The fourth-order valence-corrected chi connectivity index (χ4v) is 9.80. The molecule has 0 aromatic heterocycles. The Morgan fingerprint density at radius 2 is 1.90 bits per heavy atom. The Hall–Kier alpha value is -1.65. The number of benzene rings is 1. The number of aliphatic hydroxyl groups is 2. The maximum atomic E-state index is 14.4. The number of ether oxygens (including phenoxy) is 1. The van der Waals surface area contributed by atoms with Crippen LogP contribution in [0.3, 0.4) is 0 Å². The molecule has 6 aliphatic rings. The number of carbonyl (C=O) groups excluding carboxylic acids is 2. The number of amides is 2. The number of nitrogens with zero attached hydrogens (tertiary/aromatic N) is 1. The van der Waals surface area contributed by atoms with Crippen molar-refractivity contribution in [1.29, 1.82) is 0 Å². The fourth-order valence-electron chi connectivity index (χ4n) is 9.29. The van der Waals surface area contributed by atoms with Gasteiger partial charge in [0.1, 0.15) is 18.0 Å². The normalized spacial score (nSPS) is 36.1. The Morgan fingerprint density at radius 1 is 1.10 bits per heavy atom. The molecule has 0 heterocycles. The zero-order valence-corrected chi connectivity index (χ0v) is 27.2. The van der Waals surface area contributed by atoms with Crippen LogP contribution in [0.5, 0.6) is 5.75 Å². The summed E-state index contributed by atoms with van der Waals surface area (Å²) in [6.45, 7) is 5.39. The lowest BCUT2D eigenvalue weighted by Gasteiger charge is -2.61. The predicted molar refractivity (Wildman–Crippen MR) is 170 cm³/mol. The first-order chi connectivity index (χ1) is 20.2. The third-order valence-electron chi connectivity index (χ3n) is 11.8. The number of para-hydroxylation sites is 1. The van der Waals surface area contributed by atoms with Crippen molar-refractivity contribution in [2.24, 2.45) is 40.9 Å². The first-order valence-corrected chi connectivity index (χ1v) is 17.2. The minimum Gasteiger partial charge on any atom is -0.482 e. The molecule has 0 radical (unpaired) electrons. The van der Waals surface area contributed by atoms with Crippen LogP contribution in [0.1, 0.15) is 71.6 Å². The number of halogens is 1. The van der Waals surface area contributed by atoms with E-state index in [1.165, 1.54) is 32.1 Å². The van der Waals surface area contributed by atoms with E-state index < -0.39 is 18.2 Å². The number of rotatable bonds is 10. The van der Waals surface area contributed by atoms with Crippen molar-refractivity contribution in [1.82, 2.24) is 10.2 Å². The topological polar surface area (TPSA) is 99.1 Å². The van der Waals surface area contributed by atoms with Crippen LogP contribution in [0.25, 0.3) is 0 Å². The van der Waals surface area contributed by atoms with E-state index in [0.29, 0.717) is 48.0 Å². The second-order valence-electron chi connectivity index (χ2n) is 14.3. The summed E-state index contributed by atoms with van der Waals surface area (Å²) in [5, 5.41) is 24.0. The van der Waals surface area contributed by atoms with E-state index in [1.54, 1.807) is 6.08 Å². The quantitative estimate of drug-likeness (QED) is 0.303. The van der Waals surface area contributed by atoms with Crippen LogP contribution in [-0.4, -0.2) is 64.9 Å². The molecule has 5 fully saturated rings. The molecule has 6 aliphatic carbocycles. The van der Waals surface area contributed by atoms with Crippen molar-refractivity contribution >= 4 is 34.4 Å². The highest BCUT2D eigenvalue weighted by Gasteiger charge is 2.55. The van der Waals surface area contributed by atoms with Gasteiger partial charge in [-0.1, -0.05) is 32.4 Å². The number of carbonyl (C=O) groups is 2. The maximum absolute atomic E-state index is 14.4. The first kappa shape index (κ1) is 30.4. The molecule has 42 heavy (non-hydrogen) atoms. The Labute approximate surface area is 264 Å². The molecule has 0 saturated heterocycles. The molecular formula is C34H47IN2O5. The average molecular weight is 691 g/mol. The van der Waals surface area contributed by atoms with Crippen molar-refractivity contribution in [3.8, 4) is 5.75 Å². The van der Waals surface area contributed by atoms with Crippen molar-refractivity contribution in [2.45, 2.75) is 89.9 Å². The minimum absolute atomic E-state index is 0.126. The van der Waals surface area contributed by atoms with E-state index in [1.807, 2.05) is 29.2 Å². The number of nitrogens with one attached hydrogen (secondary N) is 1. The van der Waals surface area contributed by atoms with Gasteiger partial charge in [0.25, 0.3) is 0 Å². The Kier molecular flexibility index (Phi) is 8.96. The zero-order valence-electron chi connectivity index (χ0n) is 25.0. The Balaban J connectivity index is 1.29. The van der Waals surface area contributed by atoms with Crippen LogP contribution in [-0.2, 0) is 9.59 Å². The largest absolute Gasteiger partial charge is 0.482 e. The van der Waals surface area contributed by atoms with Crippen LogP contribution >= 0.6 is 22.6 Å². The SMILES string of the molecule is CC1(C)C2CCC(CN(C(=O)CC3CC4CCC3C4)C3CC(C(=O)NCCO)=CC(Oc4ccccc4I)C3O)C1C2. The molecule has 2 amide bonds. The molecule has 0 aliphatic heterocycles. The molecule has 230 valence electrons. The highest BCUT2D eigenvalue weighted by molar-refractivity contribution is 14.1. The highest BCUT2D eigenvalue weighted by Crippen LogP contribution is 2.61. The molecule has 8 heteroatoms. The lowest BCUT2D eigenvalue weighted by molar-refractivity contribution is -0.149. The van der Waals surface area contributed by atoms with Gasteiger partial charge in [-0.05, 0) is 120 Å². The Bertz CT molecular complexity index is 1200. The van der Waals surface area contributed by atoms with Gasteiger partial charge in [-0.3, -0.25) is 9.59 Å². The predicted octanol–water partition coefficient (Wildman–Crippen LogP) is 4.93. The summed E-state index contributed by atoms with van der Waals surface area (Å²) in [6, 6.07) is 7.09. The average Bonchev–Trinajstić information content (AvgIpc) is 3.60. The van der Waals surface area contributed by atoms with Crippen LogP contribution in [0.2, 0.25) is 0 Å². The molecule has 7 rings (SSSR count). The van der Waals surface area contributed by atoms with E-state index in [0.717, 1.165) is 28.2 Å². The van der Waals surface area contributed by atoms with E-state index in [4.69, 9.17) is 4.74 Å². The monoisotopic (exact) mass is 690 g/mol. The van der Waals surface area contributed by atoms with Crippen LogP contribution in [0.4, 0.5) is 0 Å². The summed E-state index contributed by atoms with van der Waals surface area (Å²) in [5.74, 6) is 4.08. The molecule has 3 N–H and O–H groups in total. The van der Waals surface area contributed by atoms with Crippen molar-refractivity contribution in [3.63, 3.8) is 0 Å². The third-order valence-corrected chi connectivity index (χ3v) is 12.7. The summed E-state index contributed by atoms with van der Waals surface area (Å²) in [4.78, 5) is 29.6. The second-order valence-corrected chi connectivity index (χ2v) is 15.5. The molecule has 0 spiro atoms. The summed E-state index contributed by atoms with van der Waals surface area (Å²) in [7, 11) is 0. The smallest absolute Gasteiger partial charge is 0.247 e. The number of hydrogen-bond acceptors (Lipinski definition) is 5. The summed E-state index contributed by atoms with van der Waals surface area (Å²) >= 11 is 2.21. The lowest BCUT2D eigenvalue weighted by Crippen LogP contribution is -2.59. The van der Waals surface area contributed by atoms with Gasteiger partial charge in [0.15, 0.2) is 0 Å². The molecule has 9 unspecified atom stereocenters. The third kappa shape index (κ3) is 5.88. The second kappa shape index (κ2) is 12.4. The number of hydrogen-bond donors (Lipinski definition) is 3. The standard InChI is InChI=1S/C34H47IN2O5/c1-34(2)25-10-9-22(26(34)18-25)19-37(31(39)17-23-14-20-7-8-21(23)13-20)28-15-24(33(41)36-11-12-38)16-30(32(28)40)42-29-6-4-3-5-27(29)35/h3-6,16,20-23,25-26,28,30,32,38,40H,7-15,17-19H2,1-2H3,(H,36,41). The number of fused-ring (bicyclic) bond motifs is 4. The van der Waals surface area contributed by atoms with Crippen molar-refractivity contribution in [2.75, 3.05) is 19.7 Å². The van der Waals surface area contributed by atoms with E-state index in [2.05, 4.69) is 41.8 Å². The van der Waals surface area contributed by atoms with Gasteiger partial charge in [-0.25, -0.2) is 0 Å². The number of aliphatic hydroxyl groups excluding tert-OH is 2. The lowest BCUT2D eigenvalue weighted by atomic mass is 9.45. The molecule has 1 aromatic carbocycles. The molecule has 9 atom stereocenters. The van der Waals surface area contributed by atoms with Gasteiger partial charge in [0, 0.05) is 31.5 Å². The molecule has 7 nitrogen and oxygen atoms in total. The summed E-state index contributed by atoms with van der Waals surface area (Å²) in [5.41, 5.74) is 0.790. The first-order valence-electron chi connectivity index (χ1n) is 16.1. The maximum Gasteiger partial charge on any atom is 0.247 e. The van der Waals surface area contributed by atoms with Crippen LogP contribution < -0.4 is 10.1 Å². The highest BCUT2D eigenvalue weighted by atomic mass is 127. The van der Waals surface area contributed by atoms with E-state index in [-0.39, 0.29) is 36.8 Å². The zero-order chi connectivity index (χ0) is 29.6. The van der Waals surface area contributed by atoms with Gasteiger partial charge >= 0.3 is 0 Å². The van der Waals surface area contributed by atoms with Crippen molar-refractivity contribution < 1.29 is 24.5 Å². The molecule has 4 bridgehead atoms. The summed E-state index contributed by atoms with van der Waals surface area (Å²) < 4.78 is 7.28. The van der Waals surface area contributed by atoms with Gasteiger partial charge in [-0.15, -0.1) is 0 Å². The van der Waals surface area contributed by atoms with Gasteiger partial charge < -0.3 is 25.2 Å². The van der Waals surface area contributed by atoms with Gasteiger partial charge in [0.05, 0.1) is 16.2 Å². The summed E-state index contributed by atoms with van der Waals surface area (Å²) in [6.07, 6.45) is 9.26. The Morgan fingerprint density at radius 3 is 2.57 bits per heavy atom. The minimum atomic E-state index is -0.967. The van der Waals surface area contributed by atoms with Crippen molar-refractivity contribution in [3.05, 3.63) is 39.5 Å². The van der Waals surface area contributed by atoms with Crippen LogP contribution in [0, 0.1) is 44.5 Å². The van der Waals surface area contributed by atoms with Gasteiger partial charge in [0.2, 0.25) is 11.8 Å². The molecule has 1 aromatic rings. The van der Waals surface area contributed by atoms with Gasteiger partial charge in [-0.2, -0.15) is 0 Å². The van der Waals surface area contributed by atoms with E-state index >= 15 is 0 Å². The molecule has 5 saturated carbocycles. The van der Waals surface area contributed by atoms with E-state index in [9.17, 15) is 19.8 Å². The van der Waals surface area contributed by atoms with Crippen LogP contribution in [0.15, 0.2) is 35.9 Å². The molecular weight excluding hydrogens is 643 g/mol. The fraction of sp³-hybridized carbons (Fsp3) is 0.706.